The third-order valence-electron chi connectivity index (χ3n) is 3.03. The fraction of sp³-hybridized carbons (Fsp3) is 0.733. The lowest BCUT2D eigenvalue weighted by Gasteiger charge is -2.17. The molecule has 124 valence electrons. The van der Waals surface area contributed by atoms with Crippen LogP contribution in [0.5, 0.6) is 0 Å². The lowest BCUT2D eigenvalue weighted by molar-refractivity contribution is -0.128. The van der Waals surface area contributed by atoms with Crippen LogP contribution in [0.15, 0.2) is 0 Å². The fourth-order valence-corrected chi connectivity index (χ4v) is 2.47. The number of nitrogens with one attached hydrogen (secondary N) is 2. The number of hydrogen-bond acceptors (Lipinski definition) is 5. The molecule has 0 bridgehead atoms. The van der Waals surface area contributed by atoms with Gasteiger partial charge in [-0.05, 0) is 6.42 Å². The Morgan fingerprint density at radius 1 is 1.18 bits per heavy atom. The molecule has 7 heteroatoms. The number of aromatic nitrogens is 2. The minimum absolute atomic E-state index is 0.0607. The van der Waals surface area contributed by atoms with Gasteiger partial charge in [0.1, 0.15) is 5.01 Å². The molecule has 0 aliphatic heterocycles. The molecule has 6 nitrogen and oxygen atoms in total. The van der Waals surface area contributed by atoms with Crippen molar-refractivity contribution in [2.24, 2.45) is 5.41 Å². The fourth-order valence-electron chi connectivity index (χ4n) is 1.67. The second-order valence-corrected chi connectivity index (χ2v) is 7.32. The molecule has 22 heavy (non-hydrogen) atoms. The third kappa shape index (κ3) is 6.98. The summed E-state index contributed by atoms with van der Waals surface area (Å²) in [4.78, 5) is 23.5. The number of carbonyl (C=O) groups is 2. The minimum atomic E-state index is -0.441. The molecule has 2 N–H and O–H groups in total. The maximum atomic E-state index is 11.8. The van der Waals surface area contributed by atoms with Gasteiger partial charge in [0.15, 0.2) is 0 Å². The molecular weight excluding hydrogens is 300 g/mol. The zero-order valence-corrected chi connectivity index (χ0v) is 14.7. The van der Waals surface area contributed by atoms with E-state index in [4.69, 9.17) is 0 Å². The number of rotatable bonds is 8. The van der Waals surface area contributed by atoms with Crippen LogP contribution in [0, 0.1) is 5.41 Å². The monoisotopic (exact) mass is 326 g/mol. The molecule has 0 saturated heterocycles. The van der Waals surface area contributed by atoms with Gasteiger partial charge in [0.25, 0.3) is 0 Å². The summed E-state index contributed by atoms with van der Waals surface area (Å²) in [7, 11) is 0. The molecule has 0 spiro atoms. The van der Waals surface area contributed by atoms with Crippen molar-refractivity contribution in [2.45, 2.75) is 59.8 Å². The Hall–Kier alpha value is -1.50. The quantitative estimate of drug-likeness (QED) is 0.720. The number of amides is 2. The second-order valence-electron chi connectivity index (χ2n) is 6.26. The molecule has 0 saturated carbocycles. The maximum Gasteiger partial charge on any atom is 0.227 e. The molecule has 0 fully saturated rings. The van der Waals surface area contributed by atoms with E-state index in [1.807, 2.05) is 20.8 Å². The lowest BCUT2D eigenvalue weighted by Crippen LogP contribution is -2.36. The van der Waals surface area contributed by atoms with Crippen molar-refractivity contribution < 1.29 is 9.59 Å². The molecule has 0 unspecified atom stereocenters. The topological polar surface area (TPSA) is 84.0 Å². The molecule has 0 aliphatic rings. The van der Waals surface area contributed by atoms with Crippen molar-refractivity contribution >= 4 is 28.3 Å². The first-order valence-electron chi connectivity index (χ1n) is 7.73. The molecule has 2 amide bonds. The largest absolute Gasteiger partial charge is 0.355 e. The summed E-state index contributed by atoms with van der Waals surface area (Å²) in [6.45, 7) is 7.99. The van der Waals surface area contributed by atoms with Crippen molar-refractivity contribution in [3.63, 3.8) is 0 Å². The third-order valence-corrected chi connectivity index (χ3v) is 3.92. The van der Waals surface area contributed by atoms with Crippen LogP contribution < -0.4 is 10.6 Å². The van der Waals surface area contributed by atoms with E-state index in [1.165, 1.54) is 24.2 Å². The molecule has 0 atom stereocenters. The summed E-state index contributed by atoms with van der Waals surface area (Å²) >= 11 is 1.41. The molecular formula is C15H26N4O2S. The highest BCUT2D eigenvalue weighted by atomic mass is 32.1. The summed E-state index contributed by atoms with van der Waals surface area (Å²) in [6.07, 6.45) is 4.57. The van der Waals surface area contributed by atoms with Gasteiger partial charge in [-0.3, -0.25) is 9.59 Å². The van der Waals surface area contributed by atoms with Crippen molar-refractivity contribution in [2.75, 3.05) is 11.9 Å². The van der Waals surface area contributed by atoms with Crippen molar-refractivity contribution in [1.29, 1.82) is 0 Å². The second kappa shape index (κ2) is 8.82. The first-order valence-corrected chi connectivity index (χ1v) is 8.55. The van der Waals surface area contributed by atoms with Gasteiger partial charge in [0, 0.05) is 24.8 Å². The predicted octanol–water partition coefficient (Wildman–Crippen LogP) is 2.76. The van der Waals surface area contributed by atoms with Gasteiger partial charge in [-0.1, -0.05) is 51.9 Å². The van der Waals surface area contributed by atoms with Crippen LogP contribution in [0.2, 0.25) is 0 Å². The number of carbonyl (C=O) groups excluding carboxylic acids is 2. The van der Waals surface area contributed by atoms with E-state index in [0.29, 0.717) is 11.7 Å². The molecule has 0 aliphatic carbocycles. The minimum Gasteiger partial charge on any atom is -0.355 e. The molecule has 0 radical (unpaired) electrons. The van der Waals surface area contributed by atoms with E-state index in [0.717, 1.165) is 17.8 Å². The van der Waals surface area contributed by atoms with Gasteiger partial charge < -0.3 is 10.6 Å². The summed E-state index contributed by atoms with van der Waals surface area (Å²) in [5, 5.41) is 15.0. The van der Waals surface area contributed by atoms with E-state index in [2.05, 4.69) is 27.8 Å². The van der Waals surface area contributed by atoms with Gasteiger partial charge in [-0.15, -0.1) is 10.2 Å². The van der Waals surface area contributed by atoms with Crippen LogP contribution in [0.1, 0.15) is 58.4 Å². The Kier molecular flexibility index (Phi) is 7.44. The Balaban J connectivity index is 2.29. The number of nitrogens with zero attached hydrogens (tertiary/aromatic N) is 2. The zero-order chi connectivity index (χ0) is 16.6. The molecule has 1 rings (SSSR count). The maximum absolute atomic E-state index is 11.8. The molecule has 0 aromatic carbocycles. The van der Waals surface area contributed by atoms with Gasteiger partial charge in [0.2, 0.25) is 16.9 Å². The van der Waals surface area contributed by atoms with Crippen LogP contribution in [0.25, 0.3) is 0 Å². The summed E-state index contributed by atoms with van der Waals surface area (Å²) in [6, 6.07) is 0. The van der Waals surface area contributed by atoms with Gasteiger partial charge in [-0.2, -0.15) is 0 Å². The summed E-state index contributed by atoms with van der Waals surface area (Å²) < 4.78 is 0. The first-order chi connectivity index (χ1) is 10.3. The Bertz CT molecular complexity index is 494. The number of unbranched alkanes of at least 4 members (excludes halogenated alkanes) is 2. The average Bonchev–Trinajstić information content (AvgIpc) is 2.85. The highest BCUT2D eigenvalue weighted by molar-refractivity contribution is 7.15. The highest BCUT2D eigenvalue weighted by Crippen LogP contribution is 2.17. The Morgan fingerprint density at radius 3 is 2.55 bits per heavy atom. The smallest absolute Gasteiger partial charge is 0.227 e. The standard InChI is InChI=1S/C15H26N4O2S/c1-5-6-7-8-12-18-19-14(22-12)17-11(20)9-10-16-13(21)15(2,3)4/h5-10H2,1-4H3,(H,16,21)(H,17,19,20). The van der Waals surface area contributed by atoms with Gasteiger partial charge in [0.05, 0.1) is 0 Å². The predicted molar refractivity (Wildman–Crippen MR) is 88.8 cm³/mol. The molecule has 1 aromatic heterocycles. The Labute approximate surface area is 136 Å². The van der Waals surface area contributed by atoms with E-state index in [9.17, 15) is 9.59 Å². The van der Waals surface area contributed by atoms with Gasteiger partial charge >= 0.3 is 0 Å². The van der Waals surface area contributed by atoms with Crippen LogP contribution in [-0.2, 0) is 16.0 Å². The number of aryl methyl sites for hydroxylation is 1. The summed E-state index contributed by atoms with van der Waals surface area (Å²) in [5.74, 6) is -0.222. The number of anilines is 1. The van der Waals surface area contributed by atoms with Crippen LogP contribution >= 0.6 is 11.3 Å². The number of hydrogen-bond donors (Lipinski definition) is 2. The SMILES string of the molecule is CCCCCc1nnc(NC(=O)CCNC(=O)C(C)(C)C)s1. The average molecular weight is 326 g/mol. The van der Waals surface area contributed by atoms with Crippen LogP contribution in [-0.4, -0.2) is 28.6 Å². The van der Waals surface area contributed by atoms with E-state index in [1.54, 1.807) is 0 Å². The molecule has 1 heterocycles. The zero-order valence-electron chi connectivity index (χ0n) is 13.9. The van der Waals surface area contributed by atoms with Crippen LogP contribution in [0.3, 0.4) is 0 Å². The van der Waals surface area contributed by atoms with Crippen molar-refractivity contribution in [3.05, 3.63) is 5.01 Å². The van der Waals surface area contributed by atoms with Crippen LogP contribution in [0.4, 0.5) is 5.13 Å². The normalized spacial score (nSPS) is 11.3. The first kappa shape index (κ1) is 18.5. The van der Waals surface area contributed by atoms with Crippen molar-refractivity contribution in [1.82, 2.24) is 15.5 Å². The van der Waals surface area contributed by atoms with E-state index in [-0.39, 0.29) is 18.2 Å². The summed E-state index contributed by atoms with van der Waals surface area (Å²) in [5.41, 5.74) is -0.441. The van der Waals surface area contributed by atoms with Crippen molar-refractivity contribution in [3.8, 4) is 0 Å². The van der Waals surface area contributed by atoms with E-state index >= 15 is 0 Å². The lowest BCUT2D eigenvalue weighted by atomic mass is 9.96. The highest BCUT2D eigenvalue weighted by Gasteiger charge is 2.20. The Morgan fingerprint density at radius 2 is 1.91 bits per heavy atom. The molecule has 1 aromatic rings. The van der Waals surface area contributed by atoms with E-state index < -0.39 is 5.41 Å². The van der Waals surface area contributed by atoms with Gasteiger partial charge in [-0.25, -0.2) is 0 Å².